The van der Waals surface area contributed by atoms with Crippen molar-refractivity contribution < 1.29 is 14.3 Å². The molecule has 1 amide bonds. The van der Waals surface area contributed by atoms with Gasteiger partial charge in [0.2, 0.25) is 5.91 Å². The highest BCUT2D eigenvalue weighted by atomic mass is 16.5. The summed E-state index contributed by atoms with van der Waals surface area (Å²) < 4.78 is 10.7. The van der Waals surface area contributed by atoms with Crippen LogP contribution in [0.5, 0.6) is 11.5 Å². The first-order valence-electron chi connectivity index (χ1n) is 7.09. The monoisotopic (exact) mass is 310 g/mol. The number of hydrogen-bond acceptors (Lipinski definition) is 4. The number of hydrogen-bond donors (Lipinski definition) is 1. The highest BCUT2D eigenvalue weighted by Gasteiger charge is 2.14. The van der Waals surface area contributed by atoms with Crippen LogP contribution in [0, 0.1) is 18.3 Å². The van der Waals surface area contributed by atoms with Gasteiger partial charge in [0.25, 0.3) is 0 Å². The van der Waals surface area contributed by atoms with Gasteiger partial charge in [-0.2, -0.15) is 5.26 Å². The molecular weight excluding hydrogens is 292 g/mol. The average Bonchev–Trinajstić information content (AvgIpc) is 2.55. The molecule has 2 aromatic carbocycles. The molecule has 0 aromatic heterocycles. The van der Waals surface area contributed by atoms with Crippen molar-refractivity contribution in [1.29, 1.82) is 5.26 Å². The molecule has 0 saturated heterocycles. The Morgan fingerprint density at radius 3 is 2.65 bits per heavy atom. The molecule has 118 valence electrons. The molecule has 0 radical (unpaired) electrons. The molecule has 0 atom stereocenters. The molecule has 5 nitrogen and oxygen atoms in total. The van der Waals surface area contributed by atoms with Gasteiger partial charge in [-0.15, -0.1) is 0 Å². The molecule has 0 fully saturated rings. The molecule has 0 unspecified atom stereocenters. The number of nitriles is 1. The number of methoxy groups -OCH3 is 2. The Bertz CT molecular complexity index is 763. The van der Waals surface area contributed by atoms with Crippen LogP contribution in [0.3, 0.4) is 0 Å². The molecular formula is C18H18N2O3. The molecule has 1 N–H and O–H groups in total. The molecule has 0 saturated carbocycles. The van der Waals surface area contributed by atoms with Crippen LogP contribution in [0.1, 0.15) is 16.7 Å². The minimum atomic E-state index is -0.178. The molecule has 23 heavy (non-hydrogen) atoms. The van der Waals surface area contributed by atoms with E-state index in [0.717, 1.165) is 11.1 Å². The van der Waals surface area contributed by atoms with Gasteiger partial charge in [-0.05, 0) is 31.2 Å². The summed E-state index contributed by atoms with van der Waals surface area (Å²) in [5, 5.41) is 11.7. The quantitative estimate of drug-likeness (QED) is 0.921. The van der Waals surface area contributed by atoms with Gasteiger partial charge in [-0.1, -0.05) is 12.1 Å². The number of carbonyl (C=O) groups is 1. The van der Waals surface area contributed by atoms with E-state index in [9.17, 15) is 4.79 Å². The van der Waals surface area contributed by atoms with Crippen molar-refractivity contribution in [3.05, 3.63) is 53.1 Å². The van der Waals surface area contributed by atoms with Crippen LogP contribution in [0.25, 0.3) is 0 Å². The van der Waals surface area contributed by atoms with E-state index in [1.807, 2.05) is 25.1 Å². The van der Waals surface area contributed by atoms with Gasteiger partial charge < -0.3 is 14.8 Å². The zero-order valence-electron chi connectivity index (χ0n) is 13.3. The summed E-state index contributed by atoms with van der Waals surface area (Å²) in [4.78, 5) is 12.2. The normalized spacial score (nSPS) is 9.83. The maximum Gasteiger partial charge on any atom is 0.228 e. The fourth-order valence-corrected chi connectivity index (χ4v) is 2.42. The molecule has 0 aliphatic carbocycles. The lowest BCUT2D eigenvalue weighted by Crippen LogP contribution is -2.15. The number of ether oxygens (including phenoxy) is 2. The summed E-state index contributed by atoms with van der Waals surface area (Å²) >= 11 is 0. The summed E-state index contributed by atoms with van der Waals surface area (Å²) in [6.45, 7) is 1.88. The summed E-state index contributed by atoms with van der Waals surface area (Å²) in [7, 11) is 3.16. The Morgan fingerprint density at radius 1 is 1.22 bits per heavy atom. The van der Waals surface area contributed by atoms with Crippen LogP contribution in [-0.2, 0) is 11.2 Å². The van der Waals surface area contributed by atoms with E-state index in [1.165, 1.54) is 0 Å². The third kappa shape index (κ3) is 3.80. The smallest absolute Gasteiger partial charge is 0.228 e. The van der Waals surface area contributed by atoms with E-state index in [0.29, 0.717) is 22.7 Å². The van der Waals surface area contributed by atoms with Gasteiger partial charge in [0.15, 0.2) is 0 Å². The van der Waals surface area contributed by atoms with Crippen molar-refractivity contribution in [2.45, 2.75) is 13.3 Å². The first-order chi connectivity index (χ1) is 11.1. The van der Waals surface area contributed by atoms with Gasteiger partial charge in [0, 0.05) is 16.8 Å². The van der Waals surface area contributed by atoms with Gasteiger partial charge in [0.05, 0.1) is 32.3 Å². The van der Waals surface area contributed by atoms with Crippen molar-refractivity contribution in [3.8, 4) is 17.6 Å². The fourth-order valence-electron chi connectivity index (χ4n) is 2.42. The summed E-state index contributed by atoms with van der Waals surface area (Å²) in [5.74, 6) is 1.18. The minimum Gasteiger partial charge on any atom is -0.496 e. The number of nitrogens with one attached hydrogen (secondary N) is 1. The van der Waals surface area contributed by atoms with E-state index in [2.05, 4.69) is 5.32 Å². The van der Waals surface area contributed by atoms with Crippen molar-refractivity contribution in [3.63, 3.8) is 0 Å². The molecule has 5 heteroatoms. The van der Waals surface area contributed by atoms with E-state index in [4.69, 9.17) is 14.7 Å². The Morgan fingerprint density at radius 2 is 2.00 bits per heavy atom. The van der Waals surface area contributed by atoms with Crippen LogP contribution < -0.4 is 14.8 Å². The highest BCUT2D eigenvalue weighted by molar-refractivity contribution is 5.92. The average molecular weight is 310 g/mol. The van der Waals surface area contributed by atoms with E-state index in [-0.39, 0.29) is 12.3 Å². The van der Waals surface area contributed by atoms with Crippen molar-refractivity contribution >= 4 is 11.6 Å². The Labute approximate surface area is 135 Å². The molecule has 0 aliphatic rings. The lowest BCUT2D eigenvalue weighted by molar-refractivity contribution is -0.115. The van der Waals surface area contributed by atoms with Crippen LogP contribution in [0.15, 0.2) is 36.4 Å². The third-order valence-corrected chi connectivity index (χ3v) is 3.49. The number of amides is 1. The Kier molecular flexibility index (Phi) is 5.21. The maximum absolute atomic E-state index is 12.2. The van der Waals surface area contributed by atoms with Crippen molar-refractivity contribution in [1.82, 2.24) is 0 Å². The molecule has 2 rings (SSSR count). The van der Waals surface area contributed by atoms with Gasteiger partial charge in [0.1, 0.15) is 11.5 Å². The van der Waals surface area contributed by atoms with E-state index >= 15 is 0 Å². The first kappa shape index (κ1) is 16.4. The molecule has 0 heterocycles. The first-order valence-corrected chi connectivity index (χ1v) is 7.09. The molecule has 0 spiro atoms. The second-order valence-corrected chi connectivity index (χ2v) is 5.00. The fraction of sp³-hybridized carbons (Fsp3) is 0.222. The number of benzene rings is 2. The number of rotatable bonds is 5. The van der Waals surface area contributed by atoms with Gasteiger partial charge in [-0.3, -0.25) is 4.79 Å². The number of anilines is 1. The van der Waals surface area contributed by atoms with Gasteiger partial charge in [-0.25, -0.2) is 0 Å². The summed E-state index contributed by atoms with van der Waals surface area (Å²) in [6.07, 6.45) is 0.171. The lowest BCUT2D eigenvalue weighted by atomic mass is 10.1. The summed E-state index contributed by atoms with van der Waals surface area (Å²) in [6, 6.07) is 12.5. The minimum absolute atomic E-state index is 0.171. The Hall–Kier alpha value is -3.00. The number of nitrogens with zero attached hydrogens (tertiary/aromatic N) is 1. The topological polar surface area (TPSA) is 71.3 Å². The second kappa shape index (κ2) is 7.32. The van der Waals surface area contributed by atoms with Crippen LogP contribution in [-0.4, -0.2) is 20.1 Å². The third-order valence-electron chi connectivity index (χ3n) is 3.49. The SMILES string of the molecule is COc1ccc(CC(=O)Nc2cccc(C#N)c2)c(OC)c1C. The highest BCUT2D eigenvalue weighted by Crippen LogP contribution is 2.31. The largest absolute Gasteiger partial charge is 0.496 e. The predicted molar refractivity (Wildman–Crippen MR) is 87.8 cm³/mol. The van der Waals surface area contributed by atoms with E-state index in [1.54, 1.807) is 38.5 Å². The molecule has 2 aromatic rings. The predicted octanol–water partition coefficient (Wildman–Crippen LogP) is 3.07. The van der Waals surface area contributed by atoms with Gasteiger partial charge >= 0.3 is 0 Å². The number of carbonyl (C=O) groups excluding carboxylic acids is 1. The van der Waals surface area contributed by atoms with Crippen molar-refractivity contribution in [2.75, 3.05) is 19.5 Å². The maximum atomic E-state index is 12.2. The zero-order valence-corrected chi connectivity index (χ0v) is 13.3. The zero-order chi connectivity index (χ0) is 16.8. The molecule has 0 bridgehead atoms. The summed E-state index contributed by atoms with van der Waals surface area (Å²) in [5.41, 5.74) is 2.73. The standard InChI is InChI=1S/C18H18N2O3/c1-12-16(22-2)8-7-14(18(12)23-3)10-17(21)20-15-6-4-5-13(9-15)11-19/h4-9H,10H2,1-3H3,(H,20,21). The van der Waals surface area contributed by atoms with Crippen LogP contribution in [0.4, 0.5) is 5.69 Å². The Balaban J connectivity index is 2.17. The van der Waals surface area contributed by atoms with Crippen LogP contribution in [0.2, 0.25) is 0 Å². The second-order valence-electron chi connectivity index (χ2n) is 5.00. The van der Waals surface area contributed by atoms with Crippen molar-refractivity contribution in [2.24, 2.45) is 0 Å². The lowest BCUT2D eigenvalue weighted by Gasteiger charge is -2.14. The van der Waals surface area contributed by atoms with Crippen LogP contribution >= 0.6 is 0 Å². The van der Waals surface area contributed by atoms with E-state index < -0.39 is 0 Å². The molecule has 0 aliphatic heterocycles.